The normalized spacial score (nSPS) is 12.1. The number of rotatable bonds is 6. The standard InChI is InChI=1S/C24H23N3O2S/c1-4-20(24(28)29-3)30-23-21-19(17-10-6-5-7-11-17)14-27(22(21)25-15-26-23)18-12-8-9-16(2)13-18/h5-15,20H,4H2,1-3H3/t20-/m1/s1. The Kier molecular flexibility index (Phi) is 5.86. The number of nitrogens with zero attached hydrogens (tertiary/aromatic N) is 3. The maximum Gasteiger partial charge on any atom is 0.319 e. The van der Waals surface area contributed by atoms with Crippen LogP contribution in [0.25, 0.3) is 27.8 Å². The lowest BCUT2D eigenvalue weighted by molar-refractivity contribution is -0.140. The lowest BCUT2D eigenvalue weighted by Crippen LogP contribution is -2.17. The molecule has 0 saturated heterocycles. The number of hydrogen-bond donors (Lipinski definition) is 0. The van der Waals surface area contributed by atoms with Crippen molar-refractivity contribution in [1.29, 1.82) is 0 Å². The van der Waals surface area contributed by atoms with Crippen molar-refractivity contribution in [3.05, 3.63) is 72.7 Å². The Bertz CT molecular complexity index is 1190. The van der Waals surface area contributed by atoms with Gasteiger partial charge in [0.25, 0.3) is 0 Å². The second-order valence-electron chi connectivity index (χ2n) is 7.03. The molecule has 1 atom stereocenters. The number of methoxy groups -OCH3 is 1. The molecule has 2 aromatic carbocycles. The number of esters is 1. The van der Waals surface area contributed by atoms with E-state index in [9.17, 15) is 4.79 Å². The number of hydrogen-bond acceptors (Lipinski definition) is 5. The highest BCUT2D eigenvalue weighted by Gasteiger charge is 2.23. The lowest BCUT2D eigenvalue weighted by Gasteiger charge is -2.12. The van der Waals surface area contributed by atoms with Crippen LogP contribution in [0.1, 0.15) is 18.9 Å². The number of aryl methyl sites for hydroxylation is 1. The zero-order valence-electron chi connectivity index (χ0n) is 17.2. The molecule has 0 radical (unpaired) electrons. The van der Waals surface area contributed by atoms with E-state index in [2.05, 4.69) is 58.0 Å². The summed E-state index contributed by atoms with van der Waals surface area (Å²) in [6, 6.07) is 18.5. The smallest absolute Gasteiger partial charge is 0.319 e. The van der Waals surface area contributed by atoms with Crippen LogP contribution in [0, 0.1) is 6.92 Å². The van der Waals surface area contributed by atoms with Gasteiger partial charge in [0.15, 0.2) is 0 Å². The Morgan fingerprint density at radius 2 is 1.93 bits per heavy atom. The molecule has 0 unspecified atom stereocenters. The highest BCUT2D eigenvalue weighted by molar-refractivity contribution is 8.00. The predicted molar refractivity (Wildman–Crippen MR) is 121 cm³/mol. The number of thioether (sulfide) groups is 1. The number of aromatic nitrogens is 3. The second-order valence-corrected chi connectivity index (χ2v) is 8.22. The molecular weight excluding hydrogens is 394 g/mol. The van der Waals surface area contributed by atoms with Gasteiger partial charge in [0.2, 0.25) is 0 Å². The summed E-state index contributed by atoms with van der Waals surface area (Å²) in [7, 11) is 1.42. The fraction of sp³-hybridized carbons (Fsp3) is 0.208. The topological polar surface area (TPSA) is 57.0 Å². The highest BCUT2D eigenvalue weighted by Crippen LogP contribution is 2.38. The number of carbonyl (C=O) groups is 1. The molecule has 4 aromatic rings. The van der Waals surface area contributed by atoms with Crippen LogP contribution in [0.2, 0.25) is 0 Å². The Morgan fingerprint density at radius 3 is 2.63 bits per heavy atom. The number of ether oxygens (including phenoxy) is 1. The molecule has 0 spiro atoms. The average Bonchev–Trinajstić information content (AvgIpc) is 3.18. The third-order valence-electron chi connectivity index (χ3n) is 5.00. The van der Waals surface area contributed by atoms with Crippen LogP contribution in [0.4, 0.5) is 0 Å². The van der Waals surface area contributed by atoms with Gasteiger partial charge in [-0.15, -0.1) is 0 Å². The summed E-state index contributed by atoms with van der Waals surface area (Å²) in [6.07, 6.45) is 4.32. The van der Waals surface area contributed by atoms with E-state index in [-0.39, 0.29) is 11.2 Å². The van der Waals surface area contributed by atoms with E-state index in [4.69, 9.17) is 4.74 Å². The van der Waals surface area contributed by atoms with E-state index < -0.39 is 0 Å². The minimum atomic E-state index is -0.320. The lowest BCUT2D eigenvalue weighted by atomic mass is 10.1. The summed E-state index contributed by atoms with van der Waals surface area (Å²) in [5, 5.41) is 1.40. The molecule has 5 nitrogen and oxygen atoms in total. The maximum atomic E-state index is 12.2. The molecule has 0 saturated carbocycles. The van der Waals surface area contributed by atoms with Gasteiger partial charge >= 0.3 is 5.97 Å². The molecule has 2 heterocycles. The van der Waals surface area contributed by atoms with Crippen molar-refractivity contribution in [2.45, 2.75) is 30.5 Å². The molecule has 152 valence electrons. The monoisotopic (exact) mass is 417 g/mol. The van der Waals surface area contributed by atoms with Crippen molar-refractivity contribution >= 4 is 28.8 Å². The van der Waals surface area contributed by atoms with Crippen molar-refractivity contribution in [3.8, 4) is 16.8 Å². The van der Waals surface area contributed by atoms with E-state index in [0.717, 1.165) is 32.9 Å². The summed E-state index contributed by atoms with van der Waals surface area (Å²) in [6.45, 7) is 4.05. The van der Waals surface area contributed by atoms with Gasteiger partial charge in [0.1, 0.15) is 22.3 Å². The molecule has 0 aliphatic heterocycles. The van der Waals surface area contributed by atoms with Gasteiger partial charge in [-0.05, 0) is 36.6 Å². The Labute approximate surface area is 180 Å². The summed E-state index contributed by atoms with van der Waals surface area (Å²) in [5.74, 6) is -0.242. The molecule has 2 aromatic heterocycles. The molecule has 0 aliphatic rings. The van der Waals surface area contributed by atoms with Crippen LogP contribution in [-0.4, -0.2) is 32.9 Å². The van der Waals surface area contributed by atoms with Crippen molar-refractivity contribution in [3.63, 3.8) is 0 Å². The van der Waals surface area contributed by atoms with E-state index in [1.807, 2.05) is 31.2 Å². The van der Waals surface area contributed by atoms with Gasteiger partial charge in [0.05, 0.1) is 12.5 Å². The van der Waals surface area contributed by atoms with Gasteiger partial charge in [0, 0.05) is 17.4 Å². The summed E-state index contributed by atoms with van der Waals surface area (Å²) in [4.78, 5) is 21.4. The average molecular weight is 418 g/mol. The first-order valence-corrected chi connectivity index (χ1v) is 10.7. The summed E-state index contributed by atoms with van der Waals surface area (Å²) >= 11 is 1.43. The number of benzene rings is 2. The molecule has 4 rings (SSSR count). The predicted octanol–water partition coefficient (Wildman–Crippen LogP) is 5.44. The van der Waals surface area contributed by atoms with E-state index in [0.29, 0.717) is 6.42 Å². The SMILES string of the molecule is CC[C@@H](Sc1ncnc2c1c(-c1ccccc1)cn2-c1cccc(C)c1)C(=O)OC. The summed E-state index contributed by atoms with van der Waals surface area (Å²) in [5.41, 5.74) is 5.15. The fourth-order valence-electron chi connectivity index (χ4n) is 3.50. The Morgan fingerprint density at radius 1 is 1.13 bits per heavy atom. The van der Waals surface area contributed by atoms with E-state index in [1.54, 1.807) is 6.33 Å². The van der Waals surface area contributed by atoms with Crippen LogP contribution in [-0.2, 0) is 9.53 Å². The molecule has 0 amide bonds. The second kappa shape index (κ2) is 8.71. The molecule has 0 aliphatic carbocycles. The molecule has 0 bridgehead atoms. The van der Waals surface area contributed by atoms with Crippen molar-refractivity contribution in [1.82, 2.24) is 14.5 Å². The molecule has 0 fully saturated rings. The van der Waals surface area contributed by atoms with Gasteiger partial charge < -0.3 is 9.30 Å². The van der Waals surface area contributed by atoms with Crippen LogP contribution >= 0.6 is 11.8 Å². The minimum absolute atomic E-state index is 0.242. The van der Waals surface area contributed by atoms with Crippen LogP contribution in [0.15, 0.2) is 72.1 Å². The first-order valence-electron chi connectivity index (χ1n) is 9.85. The Balaban J connectivity index is 1.95. The fourth-order valence-corrected chi connectivity index (χ4v) is 4.55. The number of carbonyl (C=O) groups excluding carboxylic acids is 1. The minimum Gasteiger partial charge on any atom is -0.468 e. The van der Waals surface area contributed by atoms with Crippen molar-refractivity contribution in [2.24, 2.45) is 0 Å². The first-order chi connectivity index (χ1) is 14.6. The van der Waals surface area contributed by atoms with Gasteiger partial charge in [-0.3, -0.25) is 4.79 Å². The molecule has 6 heteroatoms. The Hall–Kier alpha value is -3.12. The van der Waals surface area contributed by atoms with E-state index in [1.165, 1.54) is 24.4 Å². The van der Waals surface area contributed by atoms with E-state index >= 15 is 0 Å². The molecule has 30 heavy (non-hydrogen) atoms. The largest absolute Gasteiger partial charge is 0.468 e. The third-order valence-corrected chi connectivity index (χ3v) is 6.34. The van der Waals surface area contributed by atoms with Crippen molar-refractivity contribution in [2.75, 3.05) is 7.11 Å². The molecule has 0 N–H and O–H groups in total. The number of fused-ring (bicyclic) bond motifs is 1. The van der Waals surface area contributed by atoms with Crippen LogP contribution in [0.3, 0.4) is 0 Å². The van der Waals surface area contributed by atoms with Gasteiger partial charge in [-0.25, -0.2) is 9.97 Å². The van der Waals surface area contributed by atoms with Crippen LogP contribution < -0.4 is 0 Å². The van der Waals surface area contributed by atoms with Crippen LogP contribution in [0.5, 0.6) is 0 Å². The third kappa shape index (κ3) is 3.83. The zero-order valence-corrected chi connectivity index (χ0v) is 18.0. The summed E-state index contributed by atoms with van der Waals surface area (Å²) < 4.78 is 7.07. The van der Waals surface area contributed by atoms with Crippen molar-refractivity contribution < 1.29 is 9.53 Å². The highest BCUT2D eigenvalue weighted by atomic mass is 32.2. The maximum absolute atomic E-state index is 12.2. The first kappa shape index (κ1) is 20.2. The molecular formula is C24H23N3O2S. The zero-order chi connectivity index (χ0) is 21.1. The quantitative estimate of drug-likeness (QED) is 0.238. The van der Waals surface area contributed by atoms with Gasteiger partial charge in [-0.1, -0.05) is 61.2 Å². The van der Waals surface area contributed by atoms with Gasteiger partial charge in [-0.2, -0.15) is 0 Å².